The molecule has 2 atom stereocenters. The van der Waals surface area contributed by atoms with Crippen LogP contribution < -0.4 is 5.73 Å². The van der Waals surface area contributed by atoms with Gasteiger partial charge in [-0.2, -0.15) is 0 Å². The van der Waals surface area contributed by atoms with Gasteiger partial charge in [0.15, 0.2) is 6.10 Å². The molecule has 0 fully saturated rings. The van der Waals surface area contributed by atoms with Crippen molar-refractivity contribution in [2.45, 2.75) is 200 Å². The Morgan fingerprint density at radius 3 is 1.49 bits per heavy atom. The maximum absolute atomic E-state index is 12.6. The Balaban J connectivity index is 4.19. The minimum atomic E-state index is -4.39. The van der Waals surface area contributed by atoms with Crippen LogP contribution in [0.3, 0.4) is 0 Å². The highest BCUT2D eigenvalue weighted by Gasteiger charge is 2.26. The molecule has 0 saturated heterocycles. The van der Waals surface area contributed by atoms with Gasteiger partial charge in [0.25, 0.3) is 0 Å². The van der Waals surface area contributed by atoms with Gasteiger partial charge in [-0.25, -0.2) is 4.57 Å². The topological polar surface area (TPSA) is 134 Å². The number of phosphoric acid groups is 1. The number of nitrogens with two attached hydrogens (primary N) is 1. The second kappa shape index (κ2) is 41.6. The maximum atomic E-state index is 12.6. The molecule has 3 N–H and O–H groups in total. The predicted octanol–water partition coefficient (Wildman–Crippen LogP) is 12.7. The third-order valence-corrected chi connectivity index (χ3v) is 10.2. The van der Waals surface area contributed by atoms with E-state index in [-0.39, 0.29) is 32.6 Å². The van der Waals surface area contributed by atoms with Gasteiger partial charge in [0.1, 0.15) is 6.61 Å². The highest BCUT2D eigenvalue weighted by atomic mass is 31.2. The van der Waals surface area contributed by atoms with E-state index in [0.717, 1.165) is 64.2 Å². The van der Waals surface area contributed by atoms with Crippen LogP contribution in [-0.4, -0.2) is 49.3 Å². The summed E-state index contributed by atoms with van der Waals surface area (Å²) >= 11 is 0. The molecule has 320 valence electrons. The lowest BCUT2D eigenvalue weighted by molar-refractivity contribution is -0.161. The van der Waals surface area contributed by atoms with Crippen LogP contribution in [0.2, 0.25) is 0 Å². The Morgan fingerprint density at radius 2 is 0.945 bits per heavy atom. The summed E-state index contributed by atoms with van der Waals surface area (Å²) in [4.78, 5) is 34.9. The van der Waals surface area contributed by atoms with Gasteiger partial charge in [-0.05, 0) is 77.0 Å². The van der Waals surface area contributed by atoms with Gasteiger partial charge >= 0.3 is 19.8 Å². The fourth-order valence-electron chi connectivity index (χ4n) is 5.87. The number of carbonyl (C=O) groups excluding carboxylic acids is 2. The van der Waals surface area contributed by atoms with Crippen molar-refractivity contribution in [1.82, 2.24) is 0 Å². The van der Waals surface area contributed by atoms with Gasteiger partial charge in [0, 0.05) is 19.4 Å². The number of hydrogen-bond donors (Lipinski definition) is 2. The lowest BCUT2D eigenvalue weighted by atomic mass is 10.1. The Morgan fingerprint density at radius 1 is 0.545 bits per heavy atom. The minimum absolute atomic E-state index is 0.0454. The van der Waals surface area contributed by atoms with Crippen molar-refractivity contribution >= 4 is 19.8 Å². The molecular weight excluding hydrogens is 713 g/mol. The predicted molar refractivity (Wildman–Crippen MR) is 229 cm³/mol. The number of carbonyl (C=O) groups is 2. The van der Waals surface area contributed by atoms with Crippen molar-refractivity contribution in [3.05, 3.63) is 48.6 Å². The molecule has 9 nitrogen and oxygen atoms in total. The number of phosphoric ester groups is 1. The Hall–Kier alpha value is -2.03. The molecule has 55 heavy (non-hydrogen) atoms. The summed E-state index contributed by atoms with van der Waals surface area (Å²) in [6, 6.07) is 0. The summed E-state index contributed by atoms with van der Waals surface area (Å²) in [5.41, 5.74) is 5.34. The summed E-state index contributed by atoms with van der Waals surface area (Å²) in [7, 11) is -4.39. The second-order valence-corrected chi connectivity index (χ2v) is 16.0. The zero-order valence-corrected chi connectivity index (χ0v) is 36.0. The molecule has 1 unspecified atom stereocenters. The summed E-state index contributed by atoms with van der Waals surface area (Å²) in [5.74, 6) is -0.878. The van der Waals surface area contributed by atoms with Gasteiger partial charge in [-0.15, -0.1) is 0 Å². The molecule has 0 aromatic heterocycles. The van der Waals surface area contributed by atoms with E-state index in [0.29, 0.717) is 6.42 Å². The van der Waals surface area contributed by atoms with E-state index in [1.807, 2.05) is 0 Å². The van der Waals surface area contributed by atoms with Crippen molar-refractivity contribution in [3.8, 4) is 0 Å². The number of rotatable bonds is 41. The van der Waals surface area contributed by atoms with Gasteiger partial charge in [-0.1, -0.05) is 152 Å². The van der Waals surface area contributed by atoms with Crippen LogP contribution in [0.1, 0.15) is 194 Å². The molecule has 10 heteroatoms. The fraction of sp³-hybridized carbons (Fsp3) is 0.778. The smallest absolute Gasteiger partial charge is 0.462 e. The molecule has 0 aliphatic rings. The molecule has 0 amide bonds. The molecule has 0 aromatic rings. The molecule has 0 bridgehead atoms. The van der Waals surface area contributed by atoms with Crippen LogP contribution in [0, 0.1) is 0 Å². The monoisotopic (exact) mass is 796 g/mol. The van der Waals surface area contributed by atoms with Crippen LogP contribution in [0.25, 0.3) is 0 Å². The first-order valence-electron chi connectivity index (χ1n) is 22.1. The molecule has 0 aliphatic carbocycles. The first kappa shape index (κ1) is 53.0. The largest absolute Gasteiger partial charge is 0.472 e. The van der Waals surface area contributed by atoms with E-state index in [1.54, 1.807) is 0 Å². The average Bonchev–Trinajstić information content (AvgIpc) is 3.17. The van der Waals surface area contributed by atoms with Crippen LogP contribution in [0.5, 0.6) is 0 Å². The third kappa shape index (κ3) is 41.4. The number of esters is 2. The van der Waals surface area contributed by atoms with Gasteiger partial charge in [0.05, 0.1) is 13.2 Å². The minimum Gasteiger partial charge on any atom is -0.462 e. The van der Waals surface area contributed by atoms with Gasteiger partial charge < -0.3 is 20.1 Å². The zero-order valence-electron chi connectivity index (χ0n) is 35.2. The maximum Gasteiger partial charge on any atom is 0.472 e. The van der Waals surface area contributed by atoms with E-state index in [2.05, 4.69) is 62.5 Å². The van der Waals surface area contributed by atoms with E-state index < -0.39 is 32.5 Å². The lowest BCUT2D eigenvalue weighted by Gasteiger charge is -2.19. The summed E-state index contributed by atoms with van der Waals surface area (Å²) < 4.78 is 32.7. The van der Waals surface area contributed by atoms with Crippen LogP contribution in [-0.2, 0) is 32.7 Å². The first-order chi connectivity index (χ1) is 26.8. The summed E-state index contributed by atoms with van der Waals surface area (Å²) in [6.07, 6.45) is 47.2. The van der Waals surface area contributed by atoms with Crippen molar-refractivity contribution < 1.29 is 37.6 Å². The van der Waals surface area contributed by atoms with E-state index in [1.165, 1.54) is 96.3 Å². The first-order valence-corrected chi connectivity index (χ1v) is 23.6. The van der Waals surface area contributed by atoms with Crippen molar-refractivity contribution in [2.75, 3.05) is 26.4 Å². The number of allylic oxidation sites excluding steroid dienone is 8. The highest BCUT2D eigenvalue weighted by Crippen LogP contribution is 2.43. The van der Waals surface area contributed by atoms with Crippen LogP contribution in [0.15, 0.2) is 48.6 Å². The van der Waals surface area contributed by atoms with Crippen molar-refractivity contribution in [2.24, 2.45) is 5.73 Å². The lowest BCUT2D eigenvalue weighted by Crippen LogP contribution is -2.29. The van der Waals surface area contributed by atoms with Crippen molar-refractivity contribution in [1.29, 1.82) is 0 Å². The Bertz CT molecular complexity index is 1040. The van der Waals surface area contributed by atoms with E-state index >= 15 is 0 Å². The third-order valence-electron chi connectivity index (χ3n) is 9.19. The molecule has 0 aromatic carbocycles. The number of ether oxygens (including phenoxy) is 2. The standard InChI is InChI=1S/C45H82NO8P/c1-3-5-7-9-11-13-15-17-19-20-21-22-24-25-27-29-31-33-35-37-44(47)51-41-43(42-53-55(49,50)52-40-39-46)54-45(48)38-36-34-32-30-28-26-23-18-16-14-12-10-8-6-4-2/h12,14,18,20-21,23,28,30,43H,3-11,13,15-17,19,22,24-27,29,31-42,46H2,1-2H3,(H,49,50)/b14-12-,21-20-,23-18-,30-28-/t43-/m1/s1. The van der Waals surface area contributed by atoms with Crippen LogP contribution >= 0.6 is 7.82 Å². The molecule has 0 saturated carbocycles. The summed E-state index contributed by atoms with van der Waals surface area (Å²) in [6.45, 7) is 3.65. The quantitative estimate of drug-likeness (QED) is 0.0268. The number of hydrogen-bond acceptors (Lipinski definition) is 8. The van der Waals surface area contributed by atoms with E-state index in [4.69, 9.17) is 24.3 Å². The van der Waals surface area contributed by atoms with E-state index in [9.17, 15) is 19.0 Å². The van der Waals surface area contributed by atoms with Crippen molar-refractivity contribution in [3.63, 3.8) is 0 Å². The average molecular weight is 796 g/mol. The SMILES string of the molecule is CCCCC/C=C\C/C=C\C/C=C\CCCCC(=O)O[C@H](COC(=O)CCCCCCCCC/C=C\CCCCCCCCCC)COP(=O)(O)OCCN. The molecular formula is C45H82NO8P. The van der Waals surface area contributed by atoms with Gasteiger partial charge in [-0.3, -0.25) is 18.6 Å². The molecule has 0 spiro atoms. The summed E-state index contributed by atoms with van der Waals surface area (Å²) in [5, 5.41) is 0. The fourth-order valence-corrected chi connectivity index (χ4v) is 6.64. The Kier molecular flexibility index (Phi) is 40.1. The normalized spacial score (nSPS) is 13.7. The van der Waals surface area contributed by atoms with Crippen LogP contribution in [0.4, 0.5) is 0 Å². The molecule has 0 radical (unpaired) electrons. The molecule has 0 aliphatic heterocycles. The second-order valence-electron chi connectivity index (χ2n) is 14.6. The van der Waals surface area contributed by atoms with Gasteiger partial charge in [0.2, 0.25) is 0 Å². The Labute approximate surface area is 336 Å². The zero-order chi connectivity index (χ0) is 40.3. The molecule has 0 heterocycles. The number of unbranched alkanes of at least 4 members (excludes halogenated alkanes) is 20. The highest BCUT2D eigenvalue weighted by molar-refractivity contribution is 7.47. The molecule has 0 rings (SSSR count).